The molecule has 0 saturated heterocycles. The van der Waals surface area contributed by atoms with E-state index in [1.807, 2.05) is 6.07 Å². The molecule has 2 heterocycles. The van der Waals surface area contributed by atoms with Gasteiger partial charge in [-0.05, 0) is 49.7 Å². The minimum Gasteiger partial charge on any atom is -0.497 e. The van der Waals surface area contributed by atoms with E-state index in [0.29, 0.717) is 28.6 Å². The molecule has 0 radical (unpaired) electrons. The van der Waals surface area contributed by atoms with Gasteiger partial charge >= 0.3 is 12.1 Å². The Hall–Kier alpha value is -4.07. The van der Waals surface area contributed by atoms with Crippen LogP contribution >= 0.6 is 23.1 Å². The summed E-state index contributed by atoms with van der Waals surface area (Å²) >= 11 is 1.50. The smallest absolute Gasteiger partial charge is 0.417 e. The molecule has 0 saturated carbocycles. The monoisotopic (exact) mass is 560 g/mol. The van der Waals surface area contributed by atoms with Crippen molar-refractivity contribution < 1.29 is 32.2 Å². The van der Waals surface area contributed by atoms with E-state index in [0.717, 1.165) is 17.4 Å². The Kier molecular flexibility index (Phi) is 8.99. The number of nitrogens with one attached hydrogen (secondary N) is 1. The van der Waals surface area contributed by atoms with Crippen LogP contribution < -0.4 is 10.1 Å². The summed E-state index contributed by atoms with van der Waals surface area (Å²) in [7, 11) is 1.45. The standard InChI is InChI=1S/C25H19F3N4O4S2/c1-4-36-24(34)21-13(2)16(10-29)23(38-21)32-20(33)12-37-22-17(11-30)18(25(26,27)28)9-19(31-22)14-5-7-15(35-3)8-6-14/h5-9H,4,12H2,1-3H3,(H,32,33). The van der Waals surface area contributed by atoms with Crippen molar-refractivity contribution in [1.29, 1.82) is 10.5 Å². The number of carbonyl (C=O) groups is 2. The topological polar surface area (TPSA) is 125 Å². The number of hydrogen-bond donors (Lipinski definition) is 1. The Morgan fingerprint density at radius 1 is 1.16 bits per heavy atom. The number of alkyl halides is 3. The van der Waals surface area contributed by atoms with Gasteiger partial charge in [0, 0.05) is 5.56 Å². The molecule has 1 aromatic carbocycles. The van der Waals surface area contributed by atoms with E-state index in [1.54, 1.807) is 25.1 Å². The largest absolute Gasteiger partial charge is 0.497 e. The molecule has 3 aromatic rings. The average molecular weight is 561 g/mol. The molecule has 196 valence electrons. The van der Waals surface area contributed by atoms with Crippen LogP contribution in [0.5, 0.6) is 5.75 Å². The molecule has 1 N–H and O–H groups in total. The highest BCUT2D eigenvalue weighted by molar-refractivity contribution is 8.00. The quantitative estimate of drug-likeness (QED) is 0.271. The van der Waals surface area contributed by atoms with Crippen LogP contribution in [-0.2, 0) is 15.7 Å². The third kappa shape index (κ3) is 6.25. The van der Waals surface area contributed by atoms with Crippen LogP contribution in [0.25, 0.3) is 11.3 Å². The Bertz CT molecular complexity index is 1460. The maximum atomic E-state index is 13.8. The van der Waals surface area contributed by atoms with Gasteiger partial charge in [0.15, 0.2) is 0 Å². The molecule has 0 aliphatic carbocycles. The van der Waals surface area contributed by atoms with Crippen molar-refractivity contribution in [2.75, 3.05) is 24.8 Å². The lowest BCUT2D eigenvalue weighted by atomic mass is 10.1. The van der Waals surface area contributed by atoms with Gasteiger partial charge in [-0.25, -0.2) is 9.78 Å². The Balaban J connectivity index is 1.91. The van der Waals surface area contributed by atoms with E-state index in [-0.39, 0.29) is 32.8 Å². The number of thiophene rings is 1. The second-order valence-electron chi connectivity index (χ2n) is 7.50. The van der Waals surface area contributed by atoms with E-state index in [9.17, 15) is 33.3 Å². The summed E-state index contributed by atoms with van der Waals surface area (Å²) in [5.41, 5.74) is -1.15. The predicted octanol–water partition coefficient (Wildman–Crippen LogP) is 5.80. The third-order valence-corrected chi connectivity index (χ3v) is 7.26. The number of rotatable bonds is 8. The van der Waals surface area contributed by atoms with Crippen LogP contribution in [0.3, 0.4) is 0 Å². The molecule has 3 rings (SSSR count). The highest BCUT2D eigenvalue weighted by Crippen LogP contribution is 2.38. The zero-order valence-electron chi connectivity index (χ0n) is 20.2. The highest BCUT2D eigenvalue weighted by Gasteiger charge is 2.36. The van der Waals surface area contributed by atoms with E-state index in [1.165, 1.54) is 26.2 Å². The van der Waals surface area contributed by atoms with E-state index < -0.39 is 34.9 Å². The molecular formula is C25H19F3N4O4S2. The minimum absolute atomic E-state index is 0.0402. The highest BCUT2D eigenvalue weighted by atomic mass is 32.2. The molecule has 0 aliphatic rings. The van der Waals surface area contributed by atoms with Crippen LogP contribution in [0.1, 0.15) is 38.8 Å². The van der Waals surface area contributed by atoms with Crippen LogP contribution in [0, 0.1) is 29.6 Å². The molecule has 38 heavy (non-hydrogen) atoms. The fraction of sp³-hybridized carbons (Fsp3) is 0.240. The van der Waals surface area contributed by atoms with Gasteiger partial charge in [-0.2, -0.15) is 23.7 Å². The summed E-state index contributed by atoms with van der Waals surface area (Å²) in [6, 6.07) is 10.4. The molecule has 8 nitrogen and oxygen atoms in total. The SMILES string of the molecule is CCOC(=O)c1sc(NC(=O)CSc2nc(-c3ccc(OC)cc3)cc(C(F)(F)F)c2C#N)c(C#N)c1C. The predicted molar refractivity (Wildman–Crippen MR) is 135 cm³/mol. The fourth-order valence-corrected chi connectivity index (χ4v) is 5.16. The number of ether oxygens (including phenoxy) is 2. The number of methoxy groups -OCH3 is 1. The molecule has 1 amide bonds. The number of pyridine rings is 1. The molecule has 2 aromatic heterocycles. The van der Waals surface area contributed by atoms with Crippen molar-refractivity contribution in [2.24, 2.45) is 0 Å². The fourth-order valence-electron chi connectivity index (χ4n) is 3.29. The average Bonchev–Trinajstić information content (AvgIpc) is 3.21. The Labute approximate surface area is 224 Å². The van der Waals surface area contributed by atoms with Gasteiger partial charge in [0.1, 0.15) is 32.8 Å². The first-order valence-electron chi connectivity index (χ1n) is 10.8. The van der Waals surface area contributed by atoms with Crippen LogP contribution in [0.2, 0.25) is 0 Å². The summed E-state index contributed by atoms with van der Waals surface area (Å²) in [5.74, 6) is -1.23. The lowest BCUT2D eigenvalue weighted by Gasteiger charge is -2.14. The van der Waals surface area contributed by atoms with Crippen molar-refractivity contribution in [1.82, 2.24) is 4.98 Å². The summed E-state index contributed by atoms with van der Waals surface area (Å²) in [5, 5.41) is 21.3. The number of halogens is 3. The van der Waals surface area contributed by atoms with Gasteiger partial charge in [0.25, 0.3) is 0 Å². The number of benzene rings is 1. The zero-order valence-corrected chi connectivity index (χ0v) is 21.9. The van der Waals surface area contributed by atoms with Crippen LogP contribution in [0.4, 0.5) is 18.2 Å². The minimum atomic E-state index is -4.84. The number of aromatic nitrogens is 1. The normalized spacial score (nSPS) is 10.8. The van der Waals surface area contributed by atoms with Crippen molar-refractivity contribution >= 4 is 40.0 Å². The third-order valence-electron chi connectivity index (χ3n) is 5.10. The van der Waals surface area contributed by atoms with E-state index in [2.05, 4.69) is 10.3 Å². The van der Waals surface area contributed by atoms with Crippen molar-refractivity contribution in [3.63, 3.8) is 0 Å². The van der Waals surface area contributed by atoms with Gasteiger partial charge in [0.2, 0.25) is 5.91 Å². The molecule has 0 spiro atoms. The molecule has 13 heteroatoms. The first-order chi connectivity index (χ1) is 18.0. The molecule has 0 unspecified atom stereocenters. The molecule has 0 atom stereocenters. The van der Waals surface area contributed by atoms with Gasteiger partial charge < -0.3 is 14.8 Å². The summed E-state index contributed by atoms with van der Waals surface area (Å²) in [4.78, 5) is 29.2. The zero-order chi connectivity index (χ0) is 28.0. The Morgan fingerprint density at radius 3 is 2.37 bits per heavy atom. The number of esters is 1. The number of anilines is 1. The van der Waals surface area contributed by atoms with Crippen molar-refractivity contribution in [3.8, 4) is 29.1 Å². The maximum absolute atomic E-state index is 13.8. The molecule has 0 fully saturated rings. The van der Waals surface area contributed by atoms with Gasteiger partial charge in [-0.3, -0.25) is 4.79 Å². The van der Waals surface area contributed by atoms with Gasteiger partial charge in [-0.1, -0.05) is 11.8 Å². The van der Waals surface area contributed by atoms with Crippen LogP contribution in [-0.4, -0.2) is 36.3 Å². The van der Waals surface area contributed by atoms with E-state index in [4.69, 9.17) is 9.47 Å². The van der Waals surface area contributed by atoms with Gasteiger partial charge in [-0.15, -0.1) is 11.3 Å². The van der Waals surface area contributed by atoms with Crippen molar-refractivity contribution in [2.45, 2.75) is 25.0 Å². The number of nitrogens with zero attached hydrogens (tertiary/aromatic N) is 3. The molecular weight excluding hydrogens is 541 g/mol. The van der Waals surface area contributed by atoms with Crippen LogP contribution in [0.15, 0.2) is 35.4 Å². The van der Waals surface area contributed by atoms with Crippen molar-refractivity contribution in [3.05, 3.63) is 57.5 Å². The lowest BCUT2D eigenvalue weighted by molar-refractivity contribution is -0.138. The molecule has 0 bridgehead atoms. The second kappa shape index (κ2) is 12.0. The number of carbonyl (C=O) groups excluding carboxylic acids is 2. The number of hydrogen-bond acceptors (Lipinski definition) is 9. The number of amides is 1. The Morgan fingerprint density at radius 2 is 1.82 bits per heavy atom. The lowest BCUT2D eigenvalue weighted by Crippen LogP contribution is -2.15. The first kappa shape index (κ1) is 28.5. The number of nitriles is 2. The maximum Gasteiger partial charge on any atom is 0.417 e. The molecule has 0 aliphatic heterocycles. The first-order valence-corrected chi connectivity index (χ1v) is 12.6. The number of thioether (sulfide) groups is 1. The van der Waals surface area contributed by atoms with Gasteiger partial charge in [0.05, 0.1) is 41.9 Å². The van der Waals surface area contributed by atoms with E-state index >= 15 is 0 Å². The summed E-state index contributed by atoms with van der Waals surface area (Å²) < 4.78 is 51.5. The summed E-state index contributed by atoms with van der Waals surface area (Å²) in [6.45, 7) is 3.29. The second-order valence-corrected chi connectivity index (χ2v) is 9.49. The summed E-state index contributed by atoms with van der Waals surface area (Å²) in [6.07, 6.45) is -4.84.